The molecule has 0 fully saturated rings. The highest BCUT2D eigenvalue weighted by Gasteiger charge is 2.13. The minimum atomic E-state index is -0.510. The zero-order valence-electron chi connectivity index (χ0n) is 14.1. The number of hydrogen-bond donors (Lipinski definition) is 2. The average molecular weight is 401 g/mol. The summed E-state index contributed by atoms with van der Waals surface area (Å²) in [7, 11) is 1.42. The molecule has 5 nitrogen and oxygen atoms in total. The molecule has 0 unspecified atom stereocenters. The van der Waals surface area contributed by atoms with Crippen molar-refractivity contribution in [1.29, 1.82) is 5.26 Å². The molecule has 2 aromatic rings. The van der Waals surface area contributed by atoms with E-state index in [9.17, 15) is 15.2 Å². The van der Waals surface area contributed by atoms with Gasteiger partial charge in [0.05, 0.1) is 7.11 Å². The summed E-state index contributed by atoms with van der Waals surface area (Å²) in [6.45, 7) is 3.93. The van der Waals surface area contributed by atoms with Crippen LogP contribution in [-0.2, 0) is 4.79 Å². The molecular formula is C19H17BrN2O3. The van der Waals surface area contributed by atoms with Crippen LogP contribution in [0.4, 0.5) is 5.69 Å². The number of nitrogens with one attached hydrogen (secondary N) is 1. The van der Waals surface area contributed by atoms with E-state index in [0.29, 0.717) is 15.7 Å². The Labute approximate surface area is 154 Å². The first-order valence-corrected chi connectivity index (χ1v) is 8.22. The van der Waals surface area contributed by atoms with Crippen LogP contribution >= 0.6 is 15.9 Å². The highest BCUT2D eigenvalue weighted by Crippen LogP contribution is 2.33. The predicted molar refractivity (Wildman–Crippen MR) is 100 cm³/mol. The summed E-state index contributed by atoms with van der Waals surface area (Å²) < 4.78 is 5.59. The first kappa shape index (κ1) is 18.6. The van der Waals surface area contributed by atoms with Gasteiger partial charge in [0.1, 0.15) is 11.6 Å². The summed E-state index contributed by atoms with van der Waals surface area (Å²) in [5.74, 6) is -0.296. The molecule has 2 aromatic carbocycles. The maximum absolute atomic E-state index is 12.4. The molecule has 0 saturated carbocycles. The molecule has 128 valence electrons. The lowest BCUT2D eigenvalue weighted by Crippen LogP contribution is -2.13. The van der Waals surface area contributed by atoms with Gasteiger partial charge in [0.15, 0.2) is 11.5 Å². The van der Waals surface area contributed by atoms with Crippen LogP contribution in [0.3, 0.4) is 0 Å². The van der Waals surface area contributed by atoms with E-state index in [1.54, 1.807) is 12.1 Å². The van der Waals surface area contributed by atoms with Gasteiger partial charge in [-0.25, -0.2) is 0 Å². The first-order valence-electron chi connectivity index (χ1n) is 7.42. The third-order valence-corrected chi connectivity index (χ3v) is 4.41. The summed E-state index contributed by atoms with van der Waals surface area (Å²) in [6, 6.07) is 10.4. The van der Waals surface area contributed by atoms with Crippen molar-refractivity contribution in [2.45, 2.75) is 13.8 Å². The van der Waals surface area contributed by atoms with Crippen LogP contribution in [0.15, 0.2) is 40.4 Å². The minimum Gasteiger partial charge on any atom is -0.504 e. The number of nitrogens with zero attached hydrogens (tertiary/aromatic N) is 1. The number of carbonyl (C=O) groups is 1. The third-order valence-electron chi connectivity index (χ3n) is 3.73. The second kappa shape index (κ2) is 7.86. The van der Waals surface area contributed by atoms with Crippen molar-refractivity contribution in [2.24, 2.45) is 0 Å². The maximum Gasteiger partial charge on any atom is 0.266 e. The molecule has 0 aliphatic heterocycles. The molecule has 2 rings (SSSR count). The molecule has 0 saturated heterocycles. The summed E-state index contributed by atoms with van der Waals surface area (Å²) in [6.07, 6.45) is 1.43. The summed E-state index contributed by atoms with van der Waals surface area (Å²) >= 11 is 3.30. The van der Waals surface area contributed by atoms with Gasteiger partial charge in [-0.2, -0.15) is 5.26 Å². The van der Waals surface area contributed by atoms with Crippen LogP contribution < -0.4 is 10.1 Å². The lowest BCUT2D eigenvalue weighted by atomic mass is 10.1. The van der Waals surface area contributed by atoms with Gasteiger partial charge in [-0.1, -0.05) is 22.0 Å². The molecule has 25 heavy (non-hydrogen) atoms. The van der Waals surface area contributed by atoms with E-state index in [4.69, 9.17) is 4.74 Å². The molecule has 6 heteroatoms. The van der Waals surface area contributed by atoms with Crippen LogP contribution in [0.5, 0.6) is 11.5 Å². The van der Waals surface area contributed by atoms with Crippen LogP contribution in [0.1, 0.15) is 16.7 Å². The summed E-state index contributed by atoms with van der Waals surface area (Å²) in [5, 5.41) is 21.8. The Bertz CT molecular complexity index is 898. The Morgan fingerprint density at radius 1 is 1.28 bits per heavy atom. The quantitative estimate of drug-likeness (QED) is 0.590. The number of ether oxygens (including phenoxy) is 1. The van der Waals surface area contributed by atoms with Gasteiger partial charge in [-0.15, -0.1) is 0 Å². The van der Waals surface area contributed by atoms with E-state index >= 15 is 0 Å². The van der Waals surface area contributed by atoms with Gasteiger partial charge in [-0.05, 0) is 60.9 Å². The molecule has 0 heterocycles. The molecule has 0 bridgehead atoms. The molecular weight excluding hydrogens is 384 g/mol. The fourth-order valence-electron chi connectivity index (χ4n) is 2.15. The smallest absolute Gasteiger partial charge is 0.266 e. The number of hydrogen-bond acceptors (Lipinski definition) is 4. The second-order valence-corrected chi connectivity index (χ2v) is 6.32. The third kappa shape index (κ3) is 4.40. The number of aryl methyl sites for hydroxylation is 2. The first-order chi connectivity index (χ1) is 11.8. The van der Waals surface area contributed by atoms with Crippen molar-refractivity contribution in [1.82, 2.24) is 0 Å². The standard InChI is InChI=1S/C19H17BrN2O3/c1-11-4-5-15(6-12(11)2)22-19(24)14(10-21)7-13-8-18(25-3)17(23)9-16(13)20/h4-9,23H,1-3H3,(H,22,24)/b14-7+. The van der Waals surface area contributed by atoms with Gasteiger partial charge in [0, 0.05) is 10.2 Å². The zero-order chi connectivity index (χ0) is 18.6. The predicted octanol–water partition coefficient (Wildman–Crippen LogP) is 4.33. The number of anilines is 1. The van der Waals surface area contributed by atoms with Crippen LogP contribution in [0, 0.1) is 25.2 Å². The number of benzene rings is 2. The Morgan fingerprint density at radius 2 is 2.00 bits per heavy atom. The topological polar surface area (TPSA) is 82.3 Å². The Morgan fingerprint density at radius 3 is 2.60 bits per heavy atom. The minimum absolute atomic E-state index is 0.0374. The Hall–Kier alpha value is -2.78. The Kier molecular flexibility index (Phi) is 5.84. The van der Waals surface area contributed by atoms with Crippen LogP contribution in [-0.4, -0.2) is 18.1 Å². The van der Waals surface area contributed by atoms with Crippen molar-refractivity contribution >= 4 is 33.6 Å². The number of phenols is 1. The van der Waals surface area contributed by atoms with Gasteiger partial charge in [0.25, 0.3) is 5.91 Å². The molecule has 0 radical (unpaired) electrons. The van der Waals surface area contributed by atoms with Gasteiger partial charge in [-0.3, -0.25) is 4.79 Å². The fourth-order valence-corrected chi connectivity index (χ4v) is 2.60. The van der Waals surface area contributed by atoms with Crippen molar-refractivity contribution in [3.8, 4) is 17.6 Å². The molecule has 1 amide bonds. The largest absolute Gasteiger partial charge is 0.504 e. The van der Waals surface area contributed by atoms with Crippen molar-refractivity contribution in [2.75, 3.05) is 12.4 Å². The number of methoxy groups -OCH3 is 1. The second-order valence-electron chi connectivity index (χ2n) is 5.47. The van der Waals surface area contributed by atoms with Crippen molar-refractivity contribution in [3.05, 3.63) is 57.1 Å². The van der Waals surface area contributed by atoms with Gasteiger partial charge < -0.3 is 15.2 Å². The lowest BCUT2D eigenvalue weighted by molar-refractivity contribution is -0.112. The number of nitriles is 1. The highest BCUT2D eigenvalue weighted by molar-refractivity contribution is 9.10. The van der Waals surface area contributed by atoms with E-state index in [-0.39, 0.29) is 17.1 Å². The van der Waals surface area contributed by atoms with Crippen molar-refractivity contribution < 1.29 is 14.6 Å². The molecule has 0 aliphatic carbocycles. The van der Waals surface area contributed by atoms with Crippen LogP contribution in [0.25, 0.3) is 6.08 Å². The Balaban J connectivity index is 2.32. The van der Waals surface area contributed by atoms with Gasteiger partial charge >= 0.3 is 0 Å². The molecule has 0 spiro atoms. The van der Waals surface area contributed by atoms with E-state index < -0.39 is 5.91 Å². The molecule has 2 N–H and O–H groups in total. The van der Waals surface area contributed by atoms with E-state index in [1.165, 1.54) is 19.3 Å². The number of carbonyl (C=O) groups excluding carboxylic acids is 1. The zero-order valence-corrected chi connectivity index (χ0v) is 15.6. The number of rotatable bonds is 4. The molecule has 0 aliphatic rings. The van der Waals surface area contributed by atoms with E-state index in [0.717, 1.165) is 11.1 Å². The monoisotopic (exact) mass is 400 g/mol. The highest BCUT2D eigenvalue weighted by atomic mass is 79.9. The van der Waals surface area contributed by atoms with E-state index in [2.05, 4.69) is 21.2 Å². The average Bonchev–Trinajstić information content (AvgIpc) is 2.57. The summed E-state index contributed by atoms with van der Waals surface area (Å²) in [5.41, 5.74) is 3.27. The van der Waals surface area contributed by atoms with E-state index in [1.807, 2.05) is 32.0 Å². The normalized spacial score (nSPS) is 10.9. The number of aromatic hydroxyl groups is 1. The number of amides is 1. The maximum atomic E-state index is 12.4. The SMILES string of the molecule is COc1cc(/C=C(\C#N)C(=O)Nc2ccc(C)c(C)c2)c(Br)cc1O. The number of phenolic OH excluding ortho intramolecular Hbond substituents is 1. The molecule has 0 aromatic heterocycles. The van der Waals surface area contributed by atoms with Crippen molar-refractivity contribution in [3.63, 3.8) is 0 Å². The van der Waals surface area contributed by atoms with Gasteiger partial charge in [0.2, 0.25) is 0 Å². The number of halogens is 1. The lowest BCUT2D eigenvalue weighted by Gasteiger charge is -2.09. The summed E-state index contributed by atoms with van der Waals surface area (Å²) in [4.78, 5) is 12.4. The molecule has 0 atom stereocenters. The fraction of sp³-hybridized carbons (Fsp3) is 0.158. The van der Waals surface area contributed by atoms with Crippen LogP contribution in [0.2, 0.25) is 0 Å².